The lowest BCUT2D eigenvalue weighted by atomic mass is 10.2. The van der Waals surface area contributed by atoms with E-state index in [1.54, 1.807) is 19.2 Å². The van der Waals surface area contributed by atoms with Crippen LogP contribution in [0, 0.1) is 0 Å². The van der Waals surface area contributed by atoms with Gasteiger partial charge in [-0.15, -0.1) is 5.10 Å². The molecular formula is C10H10ClN5O2. The number of hydrogen-bond acceptors (Lipinski definition) is 5. The molecule has 0 fully saturated rings. The van der Waals surface area contributed by atoms with E-state index in [1.165, 1.54) is 10.9 Å². The monoisotopic (exact) mass is 267 g/mol. The predicted octanol–water partition coefficient (Wildman–Crippen LogP) is 1.42. The number of tetrazole rings is 1. The highest BCUT2D eigenvalue weighted by Gasteiger charge is 2.18. The SMILES string of the molecule is CC(CC(=O)O)n1nnnc1-c1ccncc1Cl. The highest BCUT2D eigenvalue weighted by Crippen LogP contribution is 2.26. The normalized spacial score (nSPS) is 12.3. The molecule has 8 heteroatoms. The molecule has 0 spiro atoms. The van der Waals surface area contributed by atoms with Crippen molar-refractivity contribution in [3.05, 3.63) is 23.5 Å². The fourth-order valence-electron chi connectivity index (χ4n) is 1.56. The maximum atomic E-state index is 10.7. The molecule has 1 N–H and O–H groups in total. The molecule has 7 nitrogen and oxygen atoms in total. The molecule has 1 unspecified atom stereocenters. The van der Waals surface area contributed by atoms with Gasteiger partial charge in [0.05, 0.1) is 17.5 Å². The van der Waals surface area contributed by atoms with Crippen LogP contribution in [0.1, 0.15) is 19.4 Å². The van der Waals surface area contributed by atoms with Crippen LogP contribution >= 0.6 is 11.6 Å². The average Bonchev–Trinajstić information content (AvgIpc) is 2.77. The number of halogens is 1. The van der Waals surface area contributed by atoms with Crippen molar-refractivity contribution in [3.8, 4) is 11.4 Å². The van der Waals surface area contributed by atoms with Crippen molar-refractivity contribution in [1.82, 2.24) is 25.2 Å². The Bertz CT molecular complexity index is 571. The summed E-state index contributed by atoms with van der Waals surface area (Å²) in [6.45, 7) is 1.73. The van der Waals surface area contributed by atoms with Gasteiger partial charge in [0.1, 0.15) is 0 Å². The lowest BCUT2D eigenvalue weighted by molar-refractivity contribution is -0.137. The largest absolute Gasteiger partial charge is 0.481 e. The van der Waals surface area contributed by atoms with Crippen LogP contribution in [0.25, 0.3) is 11.4 Å². The van der Waals surface area contributed by atoms with Crippen molar-refractivity contribution >= 4 is 17.6 Å². The fraction of sp³-hybridized carbons (Fsp3) is 0.300. The van der Waals surface area contributed by atoms with E-state index in [2.05, 4.69) is 20.5 Å². The molecule has 0 radical (unpaired) electrons. The van der Waals surface area contributed by atoms with E-state index in [1.807, 2.05) is 0 Å². The predicted molar refractivity (Wildman–Crippen MR) is 63.0 cm³/mol. The van der Waals surface area contributed by atoms with E-state index < -0.39 is 5.97 Å². The molecule has 2 rings (SSSR count). The van der Waals surface area contributed by atoms with Crippen molar-refractivity contribution in [2.45, 2.75) is 19.4 Å². The molecule has 2 heterocycles. The van der Waals surface area contributed by atoms with E-state index in [4.69, 9.17) is 16.7 Å². The van der Waals surface area contributed by atoms with Crippen LogP contribution < -0.4 is 0 Å². The topological polar surface area (TPSA) is 93.8 Å². The van der Waals surface area contributed by atoms with Gasteiger partial charge in [-0.25, -0.2) is 4.68 Å². The fourth-order valence-corrected chi connectivity index (χ4v) is 1.77. The zero-order chi connectivity index (χ0) is 13.1. The molecule has 18 heavy (non-hydrogen) atoms. The Labute approximate surface area is 107 Å². The molecule has 0 aliphatic heterocycles. The Balaban J connectivity index is 2.39. The van der Waals surface area contributed by atoms with Gasteiger partial charge in [0, 0.05) is 18.0 Å². The van der Waals surface area contributed by atoms with Crippen LogP contribution in [0.5, 0.6) is 0 Å². The number of nitrogens with zero attached hydrogens (tertiary/aromatic N) is 5. The van der Waals surface area contributed by atoms with Gasteiger partial charge >= 0.3 is 5.97 Å². The van der Waals surface area contributed by atoms with Crippen LogP contribution in [0.3, 0.4) is 0 Å². The molecule has 0 bridgehead atoms. The highest BCUT2D eigenvalue weighted by molar-refractivity contribution is 6.33. The number of carbonyl (C=O) groups is 1. The van der Waals surface area contributed by atoms with Crippen LogP contribution in [0.4, 0.5) is 0 Å². The number of pyridine rings is 1. The first-order chi connectivity index (χ1) is 8.59. The summed E-state index contributed by atoms with van der Waals surface area (Å²) in [5.41, 5.74) is 0.619. The molecule has 0 saturated heterocycles. The molecule has 0 aromatic carbocycles. The van der Waals surface area contributed by atoms with Crippen molar-refractivity contribution in [2.75, 3.05) is 0 Å². The quantitative estimate of drug-likeness (QED) is 0.900. The number of aromatic nitrogens is 5. The number of rotatable bonds is 4. The second-order valence-electron chi connectivity index (χ2n) is 3.75. The van der Waals surface area contributed by atoms with E-state index in [9.17, 15) is 4.79 Å². The first kappa shape index (κ1) is 12.4. The molecule has 0 saturated carbocycles. The van der Waals surface area contributed by atoms with Gasteiger partial charge in [0.25, 0.3) is 0 Å². The molecule has 2 aromatic heterocycles. The van der Waals surface area contributed by atoms with Crippen molar-refractivity contribution in [1.29, 1.82) is 0 Å². The minimum atomic E-state index is -0.912. The molecule has 94 valence electrons. The lowest BCUT2D eigenvalue weighted by Crippen LogP contribution is -2.13. The summed E-state index contributed by atoms with van der Waals surface area (Å²) in [7, 11) is 0. The third kappa shape index (κ3) is 2.45. The van der Waals surface area contributed by atoms with Crippen molar-refractivity contribution < 1.29 is 9.90 Å². The Morgan fingerprint density at radius 1 is 1.61 bits per heavy atom. The van der Waals surface area contributed by atoms with Gasteiger partial charge in [-0.2, -0.15) is 0 Å². The van der Waals surface area contributed by atoms with E-state index >= 15 is 0 Å². The summed E-state index contributed by atoms with van der Waals surface area (Å²) in [6.07, 6.45) is 2.99. The van der Waals surface area contributed by atoms with Gasteiger partial charge in [0.15, 0.2) is 5.82 Å². The Morgan fingerprint density at radius 3 is 3.06 bits per heavy atom. The minimum absolute atomic E-state index is 0.0687. The van der Waals surface area contributed by atoms with Crippen molar-refractivity contribution in [2.24, 2.45) is 0 Å². The van der Waals surface area contributed by atoms with Gasteiger partial charge in [0.2, 0.25) is 0 Å². The summed E-state index contributed by atoms with van der Waals surface area (Å²) < 4.78 is 1.44. The van der Waals surface area contributed by atoms with Gasteiger partial charge in [-0.3, -0.25) is 9.78 Å². The zero-order valence-corrected chi connectivity index (χ0v) is 10.2. The van der Waals surface area contributed by atoms with Crippen LogP contribution in [-0.4, -0.2) is 36.3 Å². The summed E-state index contributed by atoms with van der Waals surface area (Å²) in [4.78, 5) is 14.6. The second kappa shape index (κ2) is 5.09. The summed E-state index contributed by atoms with van der Waals surface area (Å²) >= 11 is 6.01. The molecule has 0 aliphatic carbocycles. The minimum Gasteiger partial charge on any atom is -0.481 e. The standard InChI is InChI=1S/C10H10ClN5O2/c1-6(4-9(17)18)16-10(13-14-15-16)7-2-3-12-5-8(7)11/h2-3,5-6H,4H2,1H3,(H,17,18). The summed E-state index contributed by atoms with van der Waals surface area (Å²) in [5, 5.41) is 20.4. The van der Waals surface area contributed by atoms with Gasteiger partial charge in [-0.1, -0.05) is 11.6 Å². The first-order valence-electron chi connectivity index (χ1n) is 5.19. The smallest absolute Gasteiger partial charge is 0.305 e. The molecular weight excluding hydrogens is 258 g/mol. The third-order valence-corrected chi connectivity index (χ3v) is 2.69. The molecule has 0 aliphatic rings. The maximum Gasteiger partial charge on any atom is 0.305 e. The van der Waals surface area contributed by atoms with Crippen LogP contribution in [0.15, 0.2) is 18.5 Å². The first-order valence-corrected chi connectivity index (χ1v) is 5.57. The molecule has 0 amide bonds. The van der Waals surface area contributed by atoms with E-state index in [0.717, 1.165) is 0 Å². The number of carboxylic acids is 1. The van der Waals surface area contributed by atoms with Gasteiger partial charge in [-0.05, 0) is 23.4 Å². The summed E-state index contributed by atoms with van der Waals surface area (Å²) in [6, 6.07) is 1.31. The third-order valence-electron chi connectivity index (χ3n) is 2.39. The molecule has 1 atom stereocenters. The summed E-state index contributed by atoms with van der Waals surface area (Å²) in [5.74, 6) is -0.485. The second-order valence-corrected chi connectivity index (χ2v) is 4.16. The maximum absolute atomic E-state index is 10.7. The zero-order valence-electron chi connectivity index (χ0n) is 9.49. The lowest BCUT2D eigenvalue weighted by Gasteiger charge is -2.11. The number of hydrogen-bond donors (Lipinski definition) is 1. The average molecular weight is 268 g/mol. The number of aliphatic carboxylic acids is 1. The Kier molecular flexibility index (Phi) is 3.52. The van der Waals surface area contributed by atoms with E-state index in [0.29, 0.717) is 16.4 Å². The number of carboxylic acid groups (broad SMARTS) is 1. The van der Waals surface area contributed by atoms with Crippen LogP contribution in [0.2, 0.25) is 5.02 Å². The Hall–Kier alpha value is -2.02. The molecule has 2 aromatic rings. The van der Waals surface area contributed by atoms with Crippen molar-refractivity contribution in [3.63, 3.8) is 0 Å². The van der Waals surface area contributed by atoms with E-state index in [-0.39, 0.29) is 12.5 Å². The van der Waals surface area contributed by atoms with Gasteiger partial charge < -0.3 is 5.11 Å². The Morgan fingerprint density at radius 2 is 2.39 bits per heavy atom. The highest BCUT2D eigenvalue weighted by atomic mass is 35.5. The van der Waals surface area contributed by atoms with Crippen LogP contribution in [-0.2, 0) is 4.79 Å².